The van der Waals surface area contributed by atoms with Gasteiger partial charge in [0.25, 0.3) is 0 Å². The van der Waals surface area contributed by atoms with Crippen molar-refractivity contribution in [2.75, 3.05) is 13.1 Å². The first-order valence-corrected chi connectivity index (χ1v) is 10.8. The molecule has 1 N–H and O–H groups in total. The van der Waals surface area contributed by atoms with E-state index in [1.807, 2.05) is 11.0 Å². The first-order chi connectivity index (χ1) is 14.8. The number of rotatable bonds is 6. The van der Waals surface area contributed by atoms with Gasteiger partial charge in [0, 0.05) is 18.1 Å². The van der Waals surface area contributed by atoms with Crippen molar-refractivity contribution in [3.8, 4) is 5.75 Å². The second kappa shape index (κ2) is 9.18. The molecular weight excluding hydrogens is 429 g/mol. The minimum Gasteiger partial charge on any atom is -0.406 e. The molecule has 2 heterocycles. The number of fused-ring (bicyclic) bond motifs is 1. The van der Waals surface area contributed by atoms with Gasteiger partial charge in [-0.15, -0.1) is 13.2 Å². The van der Waals surface area contributed by atoms with E-state index in [-0.39, 0.29) is 5.75 Å². The molecule has 2 aromatic rings. The van der Waals surface area contributed by atoms with Gasteiger partial charge in [0.2, 0.25) is 0 Å². The van der Waals surface area contributed by atoms with Crippen LogP contribution in [0, 0.1) is 5.92 Å². The first kappa shape index (κ1) is 22.1. The number of alkyl halides is 3. The number of aldehydes is 1. The minimum absolute atomic E-state index is 0.265. The van der Waals surface area contributed by atoms with Gasteiger partial charge in [-0.05, 0) is 78.7 Å². The largest absolute Gasteiger partial charge is 0.573 e. The van der Waals surface area contributed by atoms with E-state index in [4.69, 9.17) is 11.6 Å². The zero-order chi connectivity index (χ0) is 22.0. The van der Waals surface area contributed by atoms with Crippen molar-refractivity contribution in [1.82, 2.24) is 10.2 Å². The Hall–Kier alpha value is -2.09. The number of halogens is 4. The lowest BCUT2D eigenvalue weighted by Crippen LogP contribution is -2.28. The predicted octanol–water partition coefficient (Wildman–Crippen LogP) is 5.04. The highest BCUT2D eigenvalue weighted by Gasteiger charge is 2.33. The lowest BCUT2D eigenvalue weighted by molar-refractivity contribution is -0.274. The third-order valence-electron chi connectivity index (χ3n) is 5.99. The summed E-state index contributed by atoms with van der Waals surface area (Å²) < 4.78 is 41.0. The molecule has 0 amide bonds. The number of hydrogen-bond acceptors (Lipinski definition) is 4. The fraction of sp³-hybridized carbons (Fsp3) is 0.435. The number of nitrogens with one attached hydrogen (secondary N) is 1. The van der Waals surface area contributed by atoms with Crippen molar-refractivity contribution in [2.45, 2.75) is 44.8 Å². The van der Waals surface area contributed by atoms with Crippen LogP contribution in [0.5, 0.6) is 5.75 Å². The average Bonchev–Trinajstić information content (AvgIpc) is 3.06. The van der Waals surface area contributed by atoms with Crippen LogP contribution in [0.2, 0.25) is 5.02 Å². The summed E-state index contributed by atoms with van der Waals surface area (Å²) in [6.45, 7) is 3.07. The minimum atomic E-state index is -4.72. The fourth-order valence-corrected chi connectivity index (χ4v) is 4.95. The molecule has 4 rings (SSSR count). The quantitative estimate of drug-likeness (QED) is 0.624. The van der Waals surface area contributed by atoms with E-state index in [2.05, 4.69) is 16.1 Å². The maximum absolute atomic E-state index is 12.4. The van der Waals surface area contributed by atoms with Gasteiger partial charge in [-0.25, -0.2) is 0 Å². The summed E-state index contributed by atoms with van der Waals surface area (Å²) in [5.41, 5.74) is 3.87. The zero-order valence-electron chi connectivity index (χ0n) is 16.9. The van der Waals surface area contributed by atoms with Crippen LogP contribution in [-0.4, -0.2) is 30.6 Å². The van der Waals surface area contributed by atoms with E-state index in [0.29, 0.717) is 24.0 Å². The predicted molar refractivity (Wildman–Crippen MR) is 112 cm³/mol. The van der Waals surface area contributed by atoms with Crippen LogP contribution in [-0.2, 0) is 24.3 Å². The molecule has 166 valence electrons. The molecule has 0 aromatic heterocycles. The lowest BCUT2D eigenvalue weighted by atomic mass is 9.89. The highest BCUT2D eigenvalue weighted by atomic mass is 35.5. The number of piperidine rings is 1. The zero-order valence-corrected chi connectivity index (χ0v) is 17.7. The summed E-state index contributed by atoms with van der Waals surface area (Å²) in [4.78, 5) is 13.9. The van der Waals surface area contributed by atoms with Crippen molar-refractivity contribution in [3.63, 3.8) is 0 Å². The molecule has 0 aliphatic carbocycles. The van der Waals surface area contributed by atoms with Crippen molar-refractivity contribution in [3.05, 3.63) is 63.7 Å². The Morgan fingerprint density at radius 1 is 1.13 bits per heavy atom. The van der Waals surface area contributed by atoms with E-state index in [9.17, 15) is 18.0 Å². The third-order valence-corrected chi connectivity index (χ3v) is 6.30. The maximum Gasteiger partial charge on any atom is 0.573 e. The van der Waals surface area contributed by atoms with E-state index in [1.165, 1.54) is 17.7 Å². The molecule has 31 heavy (non-hydrogen) atoms. The van der Waals surface area contributed by atoms with Gasteiger partial charge >= 0.3 is 6.36 Å². The van der Waals surface area contributed by atoms with E-state index >= 15 is 0 Å². The van der Waals surface area contributed by atoms with Crippen LogP contribution < -0.4 is 10.1 Å². The van der Waals surface area contributed by atoms with Crippen molar-refractivity contribution in [1.29, 1.82) is 0 Å². The summed E-state index contributed by atoms with van der Waals surface area (Å²) >= 11 is 6.60. The molecule has 2 aliphatic rings. The van der Waals surface area contributed by atoms with Crippen LogP contribution in [0.25, 0.3) is 0 Å². The van der Waals surface area contributed by atoms with Gasteiger partial charge in [0.05, 0.1) is 6.04 Å². The first-order valence-electron chi connectivity index (χ1n) is 10.4. The number of benzene rings is 2. The summed E-state index contributed by atoms with van der Waals surface area (Å²) in [5.74, 6) is 0.366. The maximum atomic E-state index is 12.4. The molecule has 4 nitrogen and oxygen atoms in total. The van der Waals surface area contributed by atoms with Crippen LogP contribution in [0.3, 0.4) is 0 Å². The number of nitrogens with zero attached hydrogens (tertiary/aromatic N) is 1. The monoisotopic (exact) mass is 452 g/mol. The Labute approximate surface area is 184 Å². The molecule has 0 radical (unpaired) electrons. The topological polar surface area (TPSA) is 41.6 Å². The van der Waals surface area contributed by atoms with Crippen molar-refractivity contribution >= 4 is 17.9 Å². The van der Waals surface area contributed by atoms with Crippen LogP contribution >= 0.6 is 11.6 Å². The van der Waals surface area contributed by atoms with Crippen LogP contribution in [0.1, 0.15) is 41.1 Å². The molecule has 0 bridgehead atoms. The van der Waals surface area contributed by atoms with Crippen LogP contribution in [0.4, 0.5) is 13.2 Å². The van der Waals surface area contributed by atoms with Gasteiger partial charge in [-0.3, -0.25) is 4.90 Å². The van der Waals surface area contributed by atoms with Crippen molar-refractivity contribution < 1.29 is 22.7 Å². The van der Waals surface area contributed by atoms with E-state index < -0.39 is 12.4 Å². The second-order valence-corrected chi connectivity index (χ2v) is 8.63. The average molecular weight is 453 g/mol. The van der Waals surface area contributed by atoms with Gasteiger partial charge in [-0.2, -0.15) is 0 Å². The van der Waals surface area contributed by atoms with Crippen molar-refractivity contribution in [2.24, 2.45) is 5.92 Å². The summed E-state index contributed by atoms with van der Waals surface area (Å²) in [5, 5.41) is 3.98. The normalized spacial score (nSPS) is 19.9. The molecule has 2 aromatic carbocycles. The smallest absolute Gasteiger partial charge is 0.406 e. The van der Waals surface area contributed by atoms with Gasteiger partial charge in [0.15, 0.2) is 0 Å². The number of hydrogen-bond donors (Lipinski definition) is 1. The van der Waals surface area contributed by atoms with E-state index in [0.717, 1.165) is 55.3 Å². The molecule has 1 fully saturated rings. The van der Waals surface area contributed by atoms with Gasteiger partial charge in [-0.1, -0.05) is 29.8 Å². The molecule has 1 atom stereocenters. The Bertz CT molecular complexity index is 928. The number of carbonyl (C=O) groups is 1. The molecule has 0 saturated carbocycles. The fourth-order valence-electron chi connectivity index (χ4n) is 4.58. The number of carbonyl (C=O) groups excluding carboxylic acids is 1. The Morgan fingerprint density at radius 2 is 1.84 bits per heavy atom. The Morgan fingerprint density at radius 3 is 2.48 bits per heavy atom. The standard InChI is InChI=1S/C23H24ClF3N2O2/c24-20-11-17(9-15-5-7-28-8-6-15)10-18-13-29(21(14-30)22(18)20)12-16-1-3-19(4-2-16)31-23(25,26)27/h1-4,10-11,14-15,21,28H,5-9,12-13H2. The molecule has 1 unspecified atom stereocenters. The molecule has 8 heteroatoms. The second-order valence-electron chi connectivity index (χ2n) is 8.23. The number of ether oxygens (including phenoxy) is 1. The Balaban J connectivity index is 1.48. The van der Waals surface area contributed by atoms with E-state index in [1.54, 1.807) is 12.1 Å². The molecular formula is C23H24ClF3N2O2. The highest BCUT2D eigenvalue weighted by molar-refractivity contribution is 6.31. The highest BCUT2D eigenvalue weighted by Crippen LogP contribution is 2.39. The van der Waals surface area contributed by atoms with Crippen LogP contribution in [0.15, 0.2) is 36.4 Å². The Kier molecular flexibility index (Phi) is 6.55. The third kappa shape index (κ3) is 5.40. The van der Waals surface area contributed by atoms with Gasteiger partial charge in [0.1, 0.15) is 12.0 Å². The molecule has 1 saturated heterocycles. The van der Waals surface area contributed by atoms with Gasteiger partial charge < -0.3 is 14.8 Å². The summed E-state index contributed by atoms with van der Waals surface area (Å²) in [6.07, 6.45) is -0.576. The summed E-state index contributed by atoms with van der Waals surface area (Å²) in [7, 11) is 0. The lowest BCUT2D eigenvalue weighted by Gasteiger charge is -2.23. The summed E-state index contributed by atoms with van der Waals surface area (Å²) in [6, 6.07) is 9.39. The SMILES string of the molecule is O=CC1c2c(Cl)cc(CC3CCNCC3)cc2CN1Cc1ccc(OC(F)(F)F)cc1. The molecule has 2 aliphatic heterocycles. The molecule has 0 spiro atoms.